The van der Waals surface area contributed by atoms with Gasteiger partial charge in [-0.05, 0) is 23.4 Å². The maximum atomic E-state index is 11.5. The van der Waals surface area contributed by atoms with Crippen LogP contribution in [0, 0.1) is 5.92 Å². The summed E-state index contributed by atoms with van der Waals surface area (Å²) in [5.74, 6) is -1.55. The number of carboxylic acids is 1. The first-order valence-electron chi connectivity index (χ1n) is 5.25. The number of carbonyl (C=O) groups is 2. The molecule has 1 aromatic rings. The number of nitrogens with one attached hydrogen (secondary N) is 1. The fourth-order valence-electron chi connectivity index (χ4n) is 1.26. The molecule has 5 heteroatoms. The summed E-state index contributed by atoms with van der Waals surface area (Å²) in [6.07, 6.45) is 3.02. The molecular weight excluding hydrogens is 238 g/mol. The molecule has 17 heavy (non-hydrogen) atoms. The van der Waals surface area contributed by atoms with Crippen molar-refractivity contribution in [2.45, 2.75) is 19.9 Å². The van der Waals surface area contributed by atoms with Crippen LogP contribution in [0.3, 0.4) is 0 Å². The van der Waals surface area contributed by atoms with Gasteiger partial charge in [0.1, 0.15) is 6.04 Å². The first-order chi connectivity index (χ1) is 8.00. The summed E-state index contributed by atoms with van der Waals surface area (Å²) < 4.78 is 0. The molecule has 1 amide bonds. The Morgan fingerprint density at radius 2 is 2.18 bits per heavy atom. The van der Waals surface area contributed by atoms with Gasteiger partial charge >= 0.3 is 5.97 Å². The predicted octanol–water partition coefficient (Wildman–Crippen LogP) is 1.99. The quantitative estimate of drug-likeness (QED) is 0.789. The van der Waals surface area contributed by atoms with Crippen LogP contribution in [-0.4, -0.2) is 23.0 Å². The Labute approximate surface area is 104 Å². The van der Waals surface area contributed by atoms with Crippen molar-refractivity contribution in [1.29, 1.82) is 0 Å². The molecule has 0 aliphatic heterocycles. The van der Waals surface area contributed by atoms with Crippen LogP contribution >= 0.6 is 11.3 Å². The summed E-state index contributed by atoms with van der Waals surface area (Å²) in [4.78, 5) is 23.3. The van der Waals surface area contributed by atoms with Gasteiger partial charge in [-0.2, -0.15) is 0 Å². The molecule has 0 saturated carbocycles. The monoisotopic (exact) mass is 253 g/mol. The van der Waals surface area contributed by atoms with Crippen LogP contribution in [0.1, 0.15) is 18.7 Å². The van der Waals surface area contributed by atoms with Crippen molar-refractivity contribution >= 4 is 29.3 Å². The summed E-state index contributed by atoms with van der Waals surface area (Å²) in [5, 5.41) is 13.3. The van der Waals surface area contributed by atoms with Gasteiger partial charge in [0, 0.05) is 11.0 Å². The van der Waals surface area contributed by atoms with E-state index in [9.17, 15) is 9.59 Å². The van der Waals surface area contributed by atoms with Gasteiger partial charge in [0.25, 0.3) is 0 Å². The lowest BCUT2D eigenvalue weighted by Crippen LogP contribution is -2.43. The molecule has 0 spiro atoms. The van der Waals surface area contributed by atoms with Gasteiger partial charge in [0.2, 0.25) is 5.91 Å². The minimum atomic E-state index is -1.02. The number of rotatable bonds is 5. The topological polar surface area (TPSA) is 66.4 Å². The second-order valence-electron chi connectivity index (χ2n) is 3.92. The van der Waals surface area contributed by atoms with Crippen LogP contribution in [0.2, 0.25) is 0 Å². The smallest absolute Gasteiger partial charge is 0.326 e. The molecule has 0 radical (unpaired) electrons. The third-order valence-corrected chi connectivity index (χ3v) is 3.01. The summed E-state index contributed by atoms with van der Waals surface area (Å²) in [7, 11) is 0. The van der Waals surface area contributed by atoms with Crippen molar-refractivity contribution < 1.29 is 14.7 Å². The molecule has 0 saturated heterocycles. The number of amides is 1. The molecule has 1 heterocycles. The van der Waals surface area contributed by atoms with E-state index < -0.39 is 12.0 Å². The van der Waals surface area contributed by atoms with E-state index in [1.54, 1.807) is 19.9 Å². The normalized spacial score (nSPS) is 12.9. The molecule has 2 N–H and O–H groups in total. The van der Waals surface area contributed by atoms with E-state index in [1.807, 2.05) is 17.5 Å². The van der Waals surface area contributed by atoms with Gasteiger partial charge in [-0.1, -0.05) is 19.9 Å². The number of aliphatic carboxylic acids is 1. The van der Waals surface area contributed by atoms with Gasteiger partial charge in [0.05, 0.1) is 0 Å². The standard InChI is InChI=1S/C12H15NO3S/c1-8(2)11(12(15)16)13-10(14)6-5-9-4-3-7-17-9/h3-8,11H,1-2H3,(H,13,14)(H,15,16)/t11-/m1/s1. The van der Waals surface area contributed by atoms with E-state index in [1.165, 1.54) is 17.4 Å². The van der Waals surface area contributed by atoms with E-state index in [0.717, 1.165) is 4.88 Å². The van der Waals surface area contributed by atoms with Crippen molar-refractivity contribution in [2.75, 3.05) is 0 Å². The summed E-state index contributed by atoms with van der Waals surface area (Å²) in [6.45, 7) is 3.50. The average Bonchev–Trinajstić information content (AvgIpc) is 2.74. The zero-order valence-corrected chi connectivity index (χ0v) is 10.5. The summed E-state index contributed by atoms with van der Waals surface area (Å²) in [5.41, 5.74) is 0. The highest BCUT2D eigenvalue weighted by Gasteiger charge is 2.22. The molecule has 0 aromatic carbocycles. The Hall–Kier alpha value is -1.62. The predicted molar refractivity (Wildman–Crippen MR) is 67.8 cm³/mol. The van der Waals surface area contributed by atoms with Crippen molar-refractivity contribution in [3.8, 4) is 0 Å². The Bertz CT molecular complexity index is 409. The van der Waals surface area contributed by atoms with Gasteiger partial charge in [-0.3, -0.25) is 4.79 Å². The van der Waals surface area contributed by atoms with Crippen LogP contribution in [0.15, 0.2) is 23.6 Å². The van der Waals surface area contributed by atoms with Crippen LogP contribution in [-0.2, 0) is 9.59 Å². The maximum Gasteiger partial charge on any atom is 0.326 e. The molecule has 0 fully saturated rings. The molecule has 4 nitrogen and oxygen atoms in total. The van der Waals surface area contributed by atoms with E-state index in [0.29, 0.717) is 0 Å². The Balaban J connectivity index is 2.56. The number of hydrogen-bond acceptors (Lipinski definition) is 3. The van der Waals surface area contributed by atoms with Gasteiger partial charge in [0.15, 0.2) is 0 Å². The third-order valence-electron chi connectivity index (χ3n) is 2.17. The fourth-order valence-corrected chi connectivity index (χ4v) is 1.88. The summed E-state index contributed by atoms with van der Waals surface area (Å²) >= 11 is 1.51. The van der Waals surface area contributed by atoms with E-state index in [-0.39, 0.29) is 11.8 Å². The van der Waals surface area contributed by atoms with Crippen LogP contribution in [0.25, 0.3) is 6.08 Å². The lowest BCUT2D eigenvalue weighted by atomic mass is 10.0. The van der Waals surface area contributed by atoms with E-state index >= 15 is 0 Å². The van der Waals surface area contributed by atoms with Crippen molar-refractivity contribution in [1.82, 2.24) is 5.32 Å². The van der Waals surface area contributed by atoms with Crippen molar-refractivity contribution in [3.63, 3.8) is 0 Å². The number of carboxylic acid groups (broad SMARTS) is 1. The molecule has 1 aromatic heterocycles. The molecule has 1 rings (SSSR count). The highest BCUT2D eigenvalue weighted by atomic mass is 32.1. The largest absolute Gasteiger partial charge is 0.480 e. The van der Waals surface area contributed by atoms with Gasteiger partial charge in [-0.15, -0.1) is 11.3 Å². The number of thiophene rings is 1. The fraction of sp³-hybridized carbons (Fsp3) is 0.333. The Morgan fingerprint density at radius 1 is 1.47 bits per heavy atom. The van der Waals surface area contributed by atoms with Crippen molar-refractivity contribution in [3.05, 3.63) is 28.5 Å². The molecule has 0 bridgehead atoms. The maximum absolute atomic E-state index is 11.5. The molecule has 92 valence electrons. The number of hydrogen-bond donors (Lipinski definition) is 2. The molecule has 0 aliphatic rings. The average molecular weight is 253 g/mol. The van der Waals surface area contributed by atoms with E-state index in [4.69, 9.17) is 5.11 Å². The first-order valence-corrected chi connectivity index (χ1v) is 6.13. The Morgan fingerprint density at radius 3 is 2.65 bits per heavy atom. The minimum Gasteiger partial charge on any atom is -0.480 e. The van der Waals surface area contributed by atoms with Crippen LogP contribution in [0.5, 0.6) is 0 Å². The van der Waals surface area contributed by atoms with Crippen LogP contribution in [0.4, 0.5) is 0 Å². The second kappa shape index (κ2) is 6.20. The van der Waals surface area contributed by atoms with Gasteiger partial charge < -0.3 is 10.4 Å². The van der Waals surface area contributed by atoms with Gasteiger partial charge in [-0.25, -0.2) is 4.79 Å². The Kier molecular flexibility index (Phi) is 4.90. The first kappa shape index (κ1) is 13.4. The minimum absolute atomic E-state index is 0.147. The molecule has 0 unspecified atom stereocenters. The number of carbonyl (C=O) groups excluding carboxylic acids is 1. The van der Waals surface area contributed by atoms with Crippen LogP contribution < -0.4 is 5.32 Å². The summed E-state index contributed by atoms with van der Waals surface area (Å²) in [6, 6.07) is 2.91. The molecular formula is C12H15NO3S. The highest BCUT2D eigenvalue weighted by Crippen LogP contribution is 2.10. The highest BCUT2D eigenvalue weighted by molar-refractivity contribution is 7.10. The molecule has 0 aliphatic carbocycles. The second-order valence-corrected chi connectivity index (χ2v) is 4.90. The third kappa shape index (κ3) is 4.40. The van der Waals surface area contributed by atoms with E-state index in [2.05, 4.69) is 5.32 Å². The zero-order valence-electron chi connectivity index (χ0n) is 9.71. The lowest BCUT2D eigenvalue weighted by molar-refractivity contribution is -0.142. The SMILES string of the molecule is CC(C)[C@@H](NC(=O)C=Cc1cccs1)C(=O)O. The zero-order chi connectivity index (χ0) is 12.8. The lowest BCUT2D eigenvalue weighted by Gasteiger charge is -2.16. The van der Waals surface area contributed by atoms with Crippen molar-refractivity contribution in [2.24, 2.45) is 5.92 Å². The molecule has 1 atom stereocenters.